The fraction of sp³-hybridized carbons (Fsp3) is 0.375. The van der Waals surface area contributed by atoms with Gasteiger partial charge in [-0.15, -0.1) is 0 Å². The van der Waals surface area contributed by atoms with Gasteiger partial charge in [-0.25, -0.2) is 0 Å². The first-order valence-corrected chi connectivity index (χ1v) is 10.7. The van der Waals surface area contributed by atoms with Crippen LogP contribution in [0.1, 0.15) is 36.9 Å². The van der Waals surface area contributed by atoms with Crippen LogP contribution in [-0.2, 0) is 18.4 Å². The number of fused-ring (bicyclic) bond motifs is 1. The van der Waals surface area contributed by atoms with Crippen LogP contribution in [0.4, 0.5) is 0 Å². The second-order valence-corrected chi connectivity index (χ2v) is 8.55. The number of carbonyl (C=O) groups excluding carboxylic acids is 1. The first-order chi connectivity index (χ1) is 14.0. The van der Waals surface area contributed by atoms with Gasteiger partial charge in [0.15, 0.2) is 0 Å². The second-order valence-electron chi connectivity index (χ2n) is 8.12. The standard InChI is InChI=1S/C24H28ClN3O/c1-17(18-6-4-3-5-7-18)26-24(29)19-10-12-28(13-11-19)16-20-15-27(2)23-9-8-21(25)14-22(20)23/h3-9,14-15,17,19H,10-13,16H2,1-2H3,(H,26,29)/t17-/m1/s1. The highest BCUT2D eigenvalue weighted by molar-refractivity contribution is 6.31. The molecule has 152 valence electrons. The molecule has 0 bridgehead atoms. The van der Waals surface area contributed by atoms with E-state index in [4.69, 9.17) is 11.6 Å². The Morgan fingerprint density at radius 3 is 2.62 bits per heavy atom. The molecule has 1 saturated heterocycles. The van der Waals surface area contributed by atoms with Crippen molar-refractivity contribution in [2.24, 2.45) is 13.0 Å². The Kier molecular flexibility index (Phi) is 5.93. The molecule has 1 N–H and O–H groups in total. The fourth-order valence-electron chi connectivity index (χ4n) is 4.32. The lowest BCUT2D eigenvalue weighted by Gasteiger charge is -2.31. The van der Waals surface area contributed by atoms with Crippen molar-refractivity contribution in [1.82, 2.24) is 14.8 Å². The van der Waals surface area contributed by atoms with E-state index < -0.39 is 0 Å². The maximum atomic E-state index is 12.7. The summed E-state index contributed by atoms with van der Waals surface area (Å²) >= 11 is 6.22. The van der Waals surface area contributed by atoms with Gasteiger partial charge in [0.2, 0.25) is 5.91 Å². The first kappa shape index (κ1) is 20.0. The molecular weight excluding hydrogens is 382 g/mol. The molecule has 2 aromatic carbocycles. The number of hydrogen-bond donors (Lipinski definition) is 1. The van der Waals surface area contributed by atoms with Crippen molar-refractivity contribution in [3.63, 3.8) is 0 Å². The monoisotopic (exact) mass is 409 g/mol. The van der Waals surface area contributed by atoms with E-state index in [1.54, 1.807) is 0 Å². The van der Waals surface area contributed by atoms with Gasteiger partial charge in [-0.05, 0) is 62.2 Å². The summed E-state index contributed by atoms with van der Waals surface area (Å²) in [5, 5.41) is 5.18. The molecule has 2 heterocycles. The number of piperidine rings is 1. The third kappa shape index (κ3) is 4.49. The van der Waals surface area contributed by atoms with Crippen LogP contribution in [0.5, 0.6) is 0 Å². The smallest absolute Gasteiger partial charge is 0.223 e. The molecule has 0 unspecified atom stereocenters. The highest BCUT2D eigenvalue weighted by atomic mass is 35.5. The summed E-state index contributed by atoms with van der Waals surface area (Å²) in [7, 11) is 2.07. The Labute approximate surface area is 177 Å². The van der Waals surface area contributed by atoms with Crippen molar-refractivity contribution < 1.29 is 4.79 Å². The number of rotatable bonds is 5. The number of hydrogen-bond acceptors (Lipinski definition) is 2. The molecule has 0 spiro atoms. The third-order valence-electron chi connectivity index (χ3n) is 6.04. The number of likely N-dealkylation sites (tertiary alicyclic amines) is 1. The third-order valence-corrected chi connectivity index (χ3v) is 6.28. The number of halogens is 1. The Hall–Kier alpha value is -2.30. The van der Waals surface area contributed by atoms with Crippen LogP contribution in [0, 0.1) is 5.92 Å². The highest BCUT2D eigenvalue weighted by Crippen LogP contribution is 2.27. The lowest BCUT2D eigenvalue weighted by molar-refractivity contribution is -0.127. The van der Waals surface area contributed by atoms with Crippen molar-refractivity contribution in [3.8, 4) is 0 Å². The van der Waals surface area contributed by atoms with Crippen LogP contribution < -0.4 is 5.32 Å². The van der Waals surface area contributed by atoms with Crippen LogP contribution in [0.3, 0.4) is 0 Å². The van der Waals surface area contributed by atoms with Crippen LogP contribution in [0.15, 0.2) is 54.7 Å². The SMILES string of the molecule is C[C@@H](NC(=O)C1CCN(Cc2cn(C)c3ccc(Cl)cc23)CC1)c1ccccc1. The molecule has 3 aromatic rings. The van der Waals surface area contributed by atoms with Gasteiger partial charge in [-0.3, -0.25) is 9.69 Å². The summed E-state index contributed by atoms with van der Waals surface area (Å²) < 4.78 is 2.16. The van der Waals surface area contributed by atoms with Gasteiger partial charge < -0.3 is 9.88 Å². The largest absolute Gasteiger partial charge is 0.350 e. The number of aromatic nitrogens is 1. The van der Waals surface area contributed by atoms with E-state index in [0.717, 1.165) is 43.1 Å². The molecule has 0 radical (unpaired) electrons. The molecule has 1 atom stereocenters. The van der Waals surface area contributed by atoms with E-state index in [1.807, 2.05) is 31.2 Å². The number of nitrogens with zero attached hydrogens (tertiary/aromatic N) is 2. The predicted molar refractivity (Wildman–Crippen MR) is 119 cm³/mol. The summed E-state index contributed by atoms with van der Waals surface area (Å²) in [6, 6.07) is 16.2. The molecule has 0 aliphatic carbocycles. The molecule has 1 amide bonds. The van der Waals surface area contributed by atoms with Gasteiger partial charge in [0.25, 0.3) is 0 Å². The van der Waals surface area contributed by atoms with E-state index in [9.17, 15) is 4.79 Å². The number of nitrogens with one attached hydrogen (secondary N) is 1. The summed E-state index contributed by atoms with van der Waals surface area (Å²) in [6.07, 6.45) is 4.00. The van der Waals surface area contributed by atoms with Gasteiger partial charge >= 0.3 is 0 Å². The van der Waals surface area contributed by atoms with Crippen molar-refractivity contribution in [3.05, 3.63) is 70.9 Å². The van der Waals surface area contributed by atoms with Crippen molar-refractivity contribution in [2.45, 2.75) is 32.4 Å². The number of carbonyl (C=O) groups is 1. The average molecular weight is 410 g/mol. The summed E-state index contributed by atoms with van der Waals surface area (Å²) in [5.41, 5.74) is 3.65. The average Bonchev–Trinajstić information content (AvgIpc) is 3.03. The van der Waals surface area contributed by atoms with Crippen molar-refractivity contribution >= 4 is 28.4 Å². The van der Waals surface area contributed by atoms with Crippen LogP contribution in [0.2, 0.25) is 5.02 Å². The Balaban J connectivity index is 1.34. The van der Waals surface area contributed by atoms with Crippen molar-refractivity contribution in [2.75, 3.05) is 13.1 Å². The lowest BCUT2D eigenvalue weighted by Crippen LogP contribution is -2.40. The quantitative estimate of drug-likeness (QED) is 0.649. The first-order valence-electron chi connectivity index (χ1n) is 10.3. The fourth-order valence-corrected chi connectivity index (χ4v) is 4.49. The molecule has 0 saturated carbocycles. The summed E-state index contributed by atoms with van der Waals surface area (Å²) in [4.78, 5) is 15.2. The second kappa shape index (κ2) is 8.60. The molecule has 29 heavy (non-hydrogen) atoms. The topological polar surface area (TPSA) is 37.3 Å². The minimum absolute atomic E-state index is 0.0437. The van der Waals surface area contributed by atoms with E-state index in [2.05, 4.69) is 52.3 Å². The van der Waals surface area contributed by atoms with E-state index in [1.165, 1.54) is 16.5 Å². The number of amides is 1. The molecule has 1 aliphatic rings. The Bertz CT molecular complexity index is 990. The van der Waals surface area contributed by atoms with Gasteiger partial charge in [-0.2, -0.15) is 0 Å². The summed E-state index contributed by atoms with van der Waals surface area (Å²) in [6.45, 7) is 4.82. The highest BCUT2D eigenvalue weighted by Gasteiger charge is 2.26. The van der Waals surface area contributed by atoms with Gasteiger partial charge in [0.05, 0.1) is 6.04 Å². The Morgan fingerprint density at radius 1 is 1.17 bits per heavy atom. The normalized spacial score (nSPS) is 16.8. The summed E-state index contributed by atoms with van der Waals surface area (Å²) in [5.74, 6) is 0.275. The van der Waals surface area contributed by atoms with Crippen LogP contribution in [-0.4, -0.2) is 28.5 Å². The zero-order valence-electron chi connectivity index (χ0n) is 17.1. The zero-order valence-corrected chi connectivity index (χ0v) is 17.8. The molecule has 4 rings (SSSR count). The van der Waals surface area contributed by atoms with Crippen LogP contribution in [0.25, 0.3) is 10.9 Å². The minimum Gasteiger partial charge on any atom is -0.350 e. The predicted octanol–water partition coefficient (Wildman–Crippen LogP) is 4.92. The lowest BCUT2D eigenvalue weighted by atomic mass is 9.95. The molecule has 1 aromatic heterocycles. The molecule has 4 nitrogen and oxygen atoms in total. The number of benzene rings is 2. The van der Waals surface area contributed by atoms with Crippen molar-refractivity contribution in [1.29, 1.82) is 0 Å². The molecular formula is C24H28ClN3O. The minimum atomic E-state index is 0.0437. The Morgan fingerprint density at radius 2 is 1.90 bits per heavy atom. The van der Waals surface area contributed by atoms with Crippen LogP contribution >= 0.6 is 11.6 Å². The molecule has 5 heteroatoms. The van der Waals surface area contributed by atoms with E-state index in [0.29, 0.717) is 0 Å². The van der Waals surface area contributed by atoms with E-state index in [-0.39, 0.29) is 17.9 Å². The maximum absolute atomic E-state index is 12.7. The van der Waals surface area contributed by atoms with E-state index >= 15 is 0 Å². The van der Waals surface area contributed by atoms with Gasteiger partial charge in [-0.1, -0.05) is 41.9 Å². The zero-order chi connectivity index (χ0) is 20.4. The molecule has 1 fully saturated rings. The van der Waals surface area contributed by atoms with Gasteiger partial charge in [0, 0.05) is 41.6 Å². The molecule has 1 aliphatic heterocycles. The number of aryl methyl sites for hydroxylation is 1. The maximum Gasteiger partial charge on any atom is 0.223 e. The van der Waals surface area contributed by atoms with Gasteiger partial charge in [0.1, 0.15) is 0 Å².